The van der Waals surface area contributed by atoms with E-state index in [0.717, 1.165) is 37.7 Å². The molecule has 7 nitrogen and oxygen atoms in total. The van der Waals surface area contributed by atoms with Crippen LogP contribution in [0, 0.1) is 0 Å². The Hall–Kier alpha value is -1.86. The maximum absolute atomic E-state index is 12.2. The standard InChI is InChI=1S/C19H27NO6/c1-13-7-5-3-2-4-6-8-14-10-15(25-17(21)9-13)11-19(23,26-14)16-12-24-18(22)20-16/h2-3,9,14-16,23H,4-8,10-12H2,1H3,(H,20,22)/b3-2-,13-9-/t14?,15-,16?,19?/m1/s1. The lowest BCUT2D eigenvalue weighted by Crippen LogP contribution is -2.58. The van der Waals surface area contributed by atoms with E-state index in [1.807, 2.05) is 6.92 Å². The summed E-state index contributed by atoms with van der Waals surface area (Å²) >= 11 is 0. The molecule has 1 amide bonds. The van der Waals surface area contributed by atoms with Crippen molar-refractivity contribution in [1.82, 2.24) is 5.32 Å². The van der Waals surface area contributed by atoms with Gasteiger partial charge in [-0.3, -0.25) is 0 Å². The molecule has 0 aromatic rings. The number of alkyl carbamates (subject to hydrolysis) is 1. The van der Waals surface area contributed by atoms with Gasteiger partial charge in [-0.25, -0.2) is 9.59 Å². The van der Waals surface area contributed by atoms with Gasteiger partial charge in [0, 0.05) is 18.9 Å². The Bertz CT molecular complexity index is 601. The smallest absolute Gasteiger partial charge is 0.407 e. The highest BCUT2D eigenvalue weighted by Gasteiger charge is 2.50. The van der Waals surface area contributed by atoms with E-state index in [1.165, 1.54) is 6.08 Å². The Kier molecular flexibility index (Phi) is 5.98. The molecular formula is C19H27NO6. The fraction of sp³-hybridized carbons (Fsp3) is 0.684. The zero-order valence-corrected chi connectivity index (χ0v) is 15.1. The highest BCUT2D eigenvalue weighted by molar-refractivity contribution is 5.82. The first-order valence-corrected chi connectivity index (χ1v) is 9.31. The molecule has 3 unspecified atom stereocenters. The largest absolute Gasteiger partial charge is 0.459 e. The summed E-state index contributed by atoms with van der Waals surface area (Å²) in [5.41, 5.74) is 0.965. The Morgan fingerprint density at radius 3 is 2.81 bits per heavy atom. The minimum absolute atomic E-state index is 0.0322. The maximum Gasteiger partial charge on any atom is 0.407 e. The lowest BCUT2D eigenvalue weighted by molar-refractivity contribution is -0.286. The summed E-state index contributed by atoms with van der Waals surface area (Å²) in [4.78, 5) is 23.6. The molecule has 144 valence electrons. The Balaban J connectivity index is 1.76. The van der Waals surface area contributed by atoms with E-state index in [1.54, 1.807) is 0 Å². The number of carbonyl (C=O) groups is 2. The van der Waals surface area contributed by atoms with Crippen molar-refractivity contribution < 1.29 is 28.9 Å². The number of ether oxygens (including phenoxy) is 3. The molecule has 0 radical (unpaired) electrons. The second-order valence-corrected chi connectivity index (χ2v) is 7.31. The summed E-state index contributed by atoms with van der Waals surface area (Å²) in [7, 11) is 0. The molecule has 3 aliphatic heterocycles. The van der Waals surface area contributed by atoms with Gasteiger partial charge in [0.1, 0.15) is 18.8 Å². The number of esters is 1. The van der Waals surface area contributed by atoms with Crippen LogP contribution in [0.1, 0.15) is 51.9 Å². The second kappa shape index (κ2) is 8.22. The number of nitrogens with one attached hydrogen (secondary N) is 1. The van der Waals surface area contributed by atoms with Crippen molar-refractivity contribution in [2.24, 2.45) is 0 Å². The van der Waals surface area contributed by atoms with Crippen molar-refractivity contribution in [3.8, 4) is 0 Å². The number of carbonyl (C=O) groups excluding carboxylic acids is 2. The van der Waals surface area contributed by atoms with Crippen LogP contribution in [0.25, 0.3) is 0 Å². The number of amides is 1. The van der Waals surface area contributed by atoms with Crippen molar-refractivity contribution >= 4 is 12.1 Å². The fourth-order valence-electron chi connectivity index (χ4n) is 3.69. The molecule has 3 aliphatic rings. The Morgan fingerprint density at radius 1 is 1.23 bits per heavy atom. The van der Waals surface area contributed by atoms with E-state index in [0.29, 0.717) is 6.42 Å². The Morgan fingerprint density at radius 2 is 2.04 bits per heavy atom. The van der Waals surface area contributed by atoms with Crippen molar-refractivity contribution in [2.45, 2.75) is 75.9 Å². The molecule has 0 aromatic carbocycles. The van der Waals surface area contributed by atoms with Gasteiger partial charge in [0.05, 0.1) is 6.10 Å². The number of hydrogen-bond donors (Lipinski definition) is 2. The molecule has 4 atom stereocenters. The molecular weight excluding hydrogens is 338 g/mol. The van der Waals surface area contributed by atoms with Crippen LogP contribution < -0.4 is 5.32 Å². The lowest BCUT2D eigenvalue weighted by atomic mass is 9.91. The van der Waals surface area contributed by atoms with Crippen molar-refractivity contribution in [3.05, 3.63) is 23.8 Å². The van der Waals surface area contributed by atoms with Crippen LogP contribution in [0.5, 0.6) is 0 Å². The third kappa shape index (κ3) is 4.86. The molecule has 2 fully saturated rings. The van der Waals surface area contributed by atoms with Crippen LogP contribution in [0.4, 0.5) is 4.79 Å². The number of cyclic esters (lactones) is 1. The first-order valence-electron chi connectivity index (χ1n) is 9.31. The molecule has 2 bridgehead atoms. The highest BCUT2D eigenvalue weighted by atomic mass is 16.6. The predicted octanol–water partition coefficient (Wildman–Crippen LogP) is 2.34. The van der Waals surface area contributed by atoms with Crippen LogP contribution in [-0.2, 0) is 19.0 Å². The Labute approximate surface area is 153 Å². The van der Waals surface area contributed by atoms with Gasteiger partial charge in [0.25, 0.3) is 0 Å². The summed E-state index contributed by atoms with van der Waals surface area (Å²) < 4.78 is 16.4. The van der Waals surface area contributed by atoms with Crippen LogP contribution in [0.3, 0.4) is 0 Å². The van der Waals surface area contributed by atoms with Gasteiger partial charge >= 0.3 is 12.1 Å². The lowest BCUT2D eigenvalue weighted by Gasteiger charge is -2.43. The third-order valence-electron chi connectivity index (χ3n) is 5.05. The van der Waals surface area contributed by atoms with Gasteiger partial charge in [0.2, 0.25) is 0 Å². The SMILES string of the molecule is C/C1=C/C(=O)O[C@@H]2CC(CCC/C=C\CC1)OC(O)(C1COC(=O)N1)C2. The van der Waals surface area contributed by atoms with Crippen LogP contribution in [-0.4, -0.2) is 47.8 Å². The van der Waals surface area contributed by atoms with E-state index < -0.39 is 30.0 Å². The van der Waals surface area contributed by atoms with Crippen LogP contribution in [0.15, 0.2) is 23.8 Å². The van der Waals surface area contributed by atoms with Crippen molar-refractivity contribution in [3.63, 3.8) is 0 Å². The van der Waals surface area contributed by atoms with Gasteiger partial charge < -0.3 is 24.6 Å². The summed E-state index contributed by atoms with van der Waals surface area (Å²) in [6, 6.07) is -0.671. The monoisotopic (exact) mass is 365 g/mol. The second-order valence-electron chi connectivity index (χ2n) is 7.31. The van der Waals surface area contributed by atoms with Gasteiger partial charge in [-0.05, 0) is 39.0 Å². The van der Waals surface area contributed by atoms with Crippen molar-refractivity contribution in [1.29, 1.82) is 0 Å². The van der Waals surface area contributed by atoms with E-state index in [4.69, 9.17) is 14.2 Å². The zero-order chi connectivity index (χ0) is 18.6. The molecule has 2 N–H and O–H groups in total. The highest BCUT2D eigenvalue weighted by Crippen LogP contribution is 2.35. The predicted molar refractivity (Wildman–Crippen MR) is 93.2 cm³/mol. The molecule has 3 heterocycles. The summed E-state index contributed by atoms with van der Waals surface area (Å²) in [6.07, 6.45) is 9.47. The number of aliphatic hydroxyl groups is 1. The molecule has 0 aliphatic carbocycles. The normalized spacial score (nSPS) is 39.6. The number of allylic oxidation sites excluding steroid dienone is 3. The van der Waals surface area contributed by atoms with Gasteiger partial charge in [-0.15, -0.1) is 0 Å². The van der Waals surface area contributed by atoms with Gasteiger partial charge in [-0.2, -0.15) is 0 Å². The molecule has 2 saturated heterocycles. The third-order valence-corrected chi connectivity index (χ3v) is 5.05. The van der Waals surface area contributed by atoms with Crippen molar-refractivity contribution in [2.75, 3.05) is 6.61 Å². The topological polar surface area (TPSA) is 94.1 Å². The zero-order valence-electron chi connectivity index (χ0n) is 15.1. The quantitative estimate of drug-likeness (QED) is 0.547. The summed E-state index contributed by atoms with van der Waals surface area (Å²) in [5, 5.41) is 13.6. The number of rotatable bonds is 1. The van der Waals surface area contributed by atoms with Gasteiger partial charge in [0.15, 0.2) is 5.79 Å². The molecule has 0 saturated carbocycles. The van der Waals surface area contributed by atoms with Crippen LogP contribution in [0.2, 0.25) is 0 Å². The minimum Gasteiger partial charge on any atom is -0.459 e. The molecule has 7 heteroatoms. The molecule has 3 rings (SSSR count). The average Bonchev–Trinajstić information content (AvgIpc) is 3.00. The van der Waals surface area contributed by atoms with E-state index in [2.05, 4.69) is 17.5 Å². The van der Waals surface area contributed by atoms with E-state index in [9.17, 15) is 14.7 Å². The van der Waals surface area contributed by atoms with E-state index >= 15 is 0 Å². The fourth-order valence-corrected chi connectivity index (χ4v) is 3.69. The summed E-state index contributed by atoms with van der Waals surface area (Å²) in [6.45, 7) is 1.94. The first kappa shape index (κ1) is 18.9. The maximum atomic E-state index is 12.2. The molecule has 26 heavy (non-hydrogen) atoms. The van der Waals surface area contributed by atoms with Crippen LogP contribution >= 0.6 is 0 Å². The van der Waals surface area contributed by atoms with Gasteiger partial charge in [-0.1, -0.05) is 17.7 Å². The minimum atomic E-state index is -1.61. The molecule has 0 spiro atoms. The number of hydrogen-bond acceptors (Lipinski definition) is 6. The number of fused-ring (bicyclic) bond motifs is 2. The summed E-state index contributed by atoms with van der Waals surface area (Å²) in [5.74, 6) is -2.01. The molecule has 0 aromatic heterocycles. The van der Waals surface area contributed by atoms with E-state index in [-0.39, 0.29) is 19.1 Å². The first-order chi connectivity index (χ1) is 12.4. The average molecular weight is 365 g/mol.